The minimum absolute atomic E-state index is 0.109. The molecule has 0 unspecified atom stereocenters. The number of benzene rings is 2. The number of halogens is 1. The smallest absolute Gasteiger partial charge is 0.340 e. The van der Waals surface area contributed by atoms with Gasteiger partial charge >= 0.3 is 5.97 Å². The summed E-state index contributed by atoms with van der Waals surface area (Å²) >= 11 is 0. The first-order valence-electron chi connectivity index (χ1n) is 5.84. The molecule has 0 saturated carbocycles. The fourth-order valence-electron chi connectivity index (χ4n) is 1.94. The number of hydrogen-bond acceptors (Lipinski definition) is 3. The van der Waals surface area contributed by atoms with Gasteiger partial charge in [-0.25, -0.2) is 9.18 Å². The van der Waals surface area contributed by atoms with E-state index in [0.29, 0.717) is 16.7 Å². The Morgan fingerprint density at radius 1 is 1.15 bits per heavy atom. The number of anilines is 1. The minimum Gasteiger partial charge on any atom is -0.478 e. The van der Waals surface area contributed by atoms with Crippen molar-refractivity contribution in [1.29, 1.82) is 0 Å². The molecule has 4 nitrogen and oxygen atoms in total. The van der Waals surface area contributed by atoms with Crippen LogP contribution in [0.2, 0.25) is 0 Å². The highest BCUT2D eigenvalue weighted by Crippen LogP contribution is 2.27. The van der Waals surface area contributed by atoms with E-state index in [4.69, 9.17) is 10.8 Å². The van der Waals surface area contributed by atoms with Gasteiger partial charge in [0.25, 0.3) is 0 Å². The van der Waals surface area contributed by atoms with Crippen LogP contribution in [0.5, 0.6) is 0 Å². The van der Waals surface area contributed by atoms with E-state index in [1.807, 2.05) is 0 Å². The Bertz CT molecular complexity index is 687. The molecule has 0 aliphatic carbocycles. The molecule has 0 radical (unpaired) electrons. The van der Waals surface area contributed by atoms with Gasteiger partial charge in [-0.2, -0.15) is 0 Å². The van der Waals surface area contributed by atoms with Gasteiger partial charge in [0.15, 0.2) is 5.78 Å². The van der Waals surface area contributed by atoms with Crippen molar-refractivity contribution < 1.29 is 19.1 Å². The Labute approximate surface area is 114 Å². The molecule has 0 bridgehead atoms. The number of nitrogens with two attached hydrogens (primary N) is 1. The third-order valence-electron chi connectivity index (χ3n) is 2.94. The fourth-order valence-corrected chi connectivity index (χ4v) is 1.94. The van der Waals surface area contributed by atoms with Gasteiger partial charge in [0.2, 0.25) is 0 Å². The number of hydrogen-bond donors (Lipinski definition) is 2. The van der Waals surface area contributed by atoms with Crippen molar-refractivity contribution in [1.82, 2.24) is 0 Å². The van der Waals surface area contributed by atoms with Crippen molar-refractivity contribution in [2.45, 2.75) is 6.92 Å². The lowest BCUT2D eigenvalue weighted by atomic mass is 9.99. The maximum Gasteiger partial charge on any atom is 0.340 e. The fraction of sp³-hybridized carbons (Fsp3) is 0.0667. The van der Waals surface area contributed by atoms with Crippen molar-refractivity contribution in [2.24, 2.45) is 0 Å². The largest absolute Gasteiger partial charge is 0.478 e. The Kier molecular flexibility index (Phi) is 3.52. The van der Waals surface area contributed by atoms with Crippen LogP contribution in [0, 0.1) is 5.82 Å². The second-order valence-corrected chi connectivity index (χ2v) is 4.36. The van der Waals surface area contributed by atoms with Gasteiger partial charge < -0.3 is 10.8 Å². The molecule has 5 heteroatoms. The summed E-state index contributed by atoms with van der Waals surface area (Å²) in [6.07, 6.45) is 0. The molecule has 20 heavy (non-hydrogen) atoms. The summed E-state index contributed by atoms with van der Waals surface area (Å²) in [6, 6.07) is 9.10. The minimum atomic E-state index is -1.41. The quantitative estimate of drug-likeness (QED) is 0.665. The van der Waals surface area contributed by atoms with Crippen LogP contribution in [0.1, 0.15) is 27.6 Å². The lowest BCUT2D eigenvalue weighted by Crippen LogP contribution is -2.06. The lowest BCUT2D eigenvalue weighted by Gasteiger charge is -2.08. The molecule has 0 aliphatic rings. The zero-order valence-electron chi connectivity index (χ0n) is 10.7. The van der Waals surface area contributed by atoms with Crippen LogP contribution in [0.25, 0.3) is 11.1 Å². The molecule has 3 N–H and O–H groups in total. The second-order valence-electron chi connectivity index (χ2n) is 4.36. The van der Waals surface area contributed by atoms with E-state index in [1.165, 1.54) is 13.0 Å². The Morgan fingerprint density at radius 2 is 1.85 bits per heavy atom. The van der Waals surface area contributed by atoms with Gasteiger partial charge in [0.1, 0.15) is 11.4 Å². The van der Waals surface area contributed by atoms with Gasteiger partial charge in [0, 0.05) is 11.3 Å². The number of carbonyl (C=O) groups excluding carboxylic acids is 1. The highest BCUT2D eigenvalue weighted by Gasteiger charge is 2.16. The highest BCUT2D eigenvalue weighted by molar-refractivity contribution is 5.97. The first-order chi connectivity index (χ1) is 9.40. The summed E-state index contributed by atoms with van der Waals surface area (Å²) in [4.78, 5) is 22.2. The number of nitrogen functional groups attached to an aromatic ring is 1. The molecule has 2 aromatic carbocycles. The summed E-state index contributed by atoms with van der Waals surface area (Å²) in [6.45, 7) is 1.43. The van der Waals surface area contributed by atoms with Gasteiger partial charge in [-0.15, -0.1) is 0 Å². The van der Waals surface area contributed by atoms with E-state index < -0.39 is 17.3 Å². The van der Waals surface area contributed by atoms with Crippen LogP contribution in [0.15, 0.2) is 36.4 Å². The molecule has 2 aromatic rings. The van der Waals surface area contributed by atoms with E-state index >= 15 is 0 Å². The van der Waals surface area contributed by atoms with E-state index in [0.717, 1.165) is 6.07 Å². The first kappa shape index (κ1) is 13.7. The molecule has 0 aromatic heterocycles. The predicted molar refractivity (Wildman–Crippen MR) is 73.2 cm³/mol. The Balaban J connectivity index is 2.57. The van der Waals surface area contributed by atoms with Gasteiger partial charge in [-0.1, -0.05) is 18.2 Å². The maximum atomic E-state index is 13.8. The maximum absolute atomic E-state index is 13.8. The molecular weight excluding hydrogens is 261 g/mol. The molecule has 0 spiro atoms. The molecule has 0 heterocycles. The van der Waals surface area contributed by atoms with Crippen molar-refractivity contribution in [2.75, 3.05) is 5.73 Å². The number of Topliss-reactive ketones (excluding diaryl/α,β-unsaturated/α-hetero) is 1. The Morgan fingerprint density at radius 3 is 2.40 bits per heavy atom. The van der Waals surface area contributed by atoms with Crippen LogP contribution < -0.4 is 5.73 Å². The second kappa shape index (κ2) is 5.13. The van der Waals surface area contributed by atoms with Crippen molar-refractivity contribution in [3.8, 4) is 11.1 Å². The predicted octanol–water partition coefficient (Wildman–Crippen LogP) is 2.98. The molecule has 0 aliphatic heterocycles. The summed E-state index contributed by atoms with van der Waals surface area (Å²) < 4.78 is 13.8. The monoisotopic (exact) mass is 273 g/mol. The van der Waals surface area contributed by atoms with Crippen LogP contribution in [-0.2, 0) is 0 Å². The van der Waals surface area contributed by atoms with Crippen LogP contribution in [0.4, 0.5) is 10.1 Å². The van der Waals surface area contributed by atoms with Crippen LogP contribution in [-0.4, -0.2) is 16.9 Å². The van der Waals surface area contributed by atoms with E-state index in [9.17, 15) is 14.0 Å². The molecule has 2 rings (SSSR count). The van der Waals surface area contributed by atoms with Gasteiger partial charge in [0.05, 0.1) is 0 Å². The normalized spacial score (nSPS) is 10.3. The Hall–Kier alpha value is -2.69. The van der Waals surface area contributed by atoms with Gasteiger partial charge in [-0.05, 0) is 36.2 Å². The lowest BCUT2D eigenvalue weighted by molar-refractivity contribution is 0.0693. The van der Waals surface area contributed by atoms with Crippen molar-refractivity contribution >= 4 is 17.4 Å². The number of rotatable bonds is 3. The van der Waals surface area contributed by atoms with E-state index in [2.05, 4.69) is 0 Å². The zero-order valence-corrected chi connectivity index (χ0v) is 10.7. The average molecular weight is 273 g/mol. The third-order valence-corrected chi connectivity index (χ3v) is 2.94. The van der Waals surface area contributed by atoms with E-state index in [-0.39, 0.29) is 11.5 Å². The van der Waals surface area contributed by atoms with E-state index in [1.54, 1.807) is 24.3 Å². The third kappa shape index (κ3) is 2.51. The van der Waals surface area contributed by atoms with Gasteiger partial charge in [-0.3, -0.25) is 4.79 Å². The highest BCUT2D eigenvalue weighted by atomic mass is 19.1. The van der Waals surface area contributed by atoms with Crippen LogP contribution in [0.3, 0.4) is 0 Å². The molecule has 0 fully saturated rings. The number of aromatic carboxylic acids is 1. The molecule has 0 amide bonds. The summed E-state index contributed by atoms with van der Waals surface area (Å²) in [5.41, 5.74) is 6.38. The average Bonchev–Trinajstić information content (AvgIpc) is 2.37. The standard InChI is InChI=1S/C15H12FNO3/c1-8(18)9-3-2-4-10(5-9)11-6-12(16)14(15(19)20)13(17)7-11/h2-7H,17H2,1H3,(H,19,20). The number of carboxylic acid groups (broad SMARTS) is 1. The zero-order chi connectivity index (χ0) is 14.9. The topological polar surface area (TPSA) is 80.4 Å². The van der Waals surface area contributed by atoms with Crippen molar-refractivity contribution in [3.05, 3.63) is 53.3 Å². The number of ketones is 1. The molecular formula is C15H12FNO3. The molecule has 102 valence electrons. The molecule has 0 atom stereocenters. The number of carboxylic acids is 1. The number of carbonyl (C=O) groups is 2. The summed E-state index contributed by atoms with van der Waals surface area (Å²) in [5.74, 6) is -2.42. The molecule has 0 saturated heterocycles. The first-order valence-corrected chi connectivity index (χ1v) is 5.84. The summed E-state index contributed by atoms with van der Waals surface area (Å²) in [7, 11) is 0. The summed E-state index contributed by atoms with van der Waals surface area (Å²) in [5, 5.41) is 8.86. The van der Waals surface area contributed by atoms with Crippen molar-refractivity contribution in [3.63, 3.8) is 0 Å². The van der Waals surface area contributed by atoms with Crippen LogP contribution >= 0.6 is 0 Å². The SMILES string of the molecule is CC(=O)c1cccc(-c2cc(N)c(C(=O)O)c(F)c2)c1.